The Kier molecular flexibility index (Phi) is 4.62. The molecule has 0 bridgehead atoms. The summed E-state index contributed by atoms with van der Waals surface area (Å²) in [7, 11) is -3.37. The fraction of sp³-hybridized carbons (Fsp3) is 0.250. The molecule has 2 aromatic carbocycles. The average molecular weight is 413 g/mol. The van der Waals surface area contributed by atoms with Crippen molar-refractivity contribution in [2.24, 2.45) is 0 Å². The van der Waals surface area contributed by atoms with Crippen LogP contribution >= 0.6 is 0 Å². The predicted octanol–water partition coefficient (Wildman–Crippen LogP) is 1.63. The Morgan fingerprint density at radius 2 is 1.72 bits per heavy atom. The van der Waals surface area contributed by atoms with Crippen LogP contribution in [0.2, 0.25) is 0 Å². The molecule has 9 heteroatoms. The minimum Gasteiger partial charge on any atom is -0.325 e. The Morgan fingerprint density at radius 1 is 1.07 bits per heavy atom. The summed E-state index contributed by atoms with van der Waals surface area (Å²) < 4.78 is 25.3. The lowest BCUT2D eigenvalue weighted by Gasteiger charge is -2.29. The van der Waals surface area contributed by atoms with Gasteiger partial charge in [-0.3, -0.25) is 23.6 Å². The van der Waals surface area contributed by atoms with Crippen molar-refractivity contribution >= 4 is 39.1 Å². The molecule has 2 aliphatic rings. The van der Waals surface area contributed by atoms with Crippen LogP contribution in [0.3, 0.4) is 0 Å². The van der Waals surface area contributed by atoms with Gasteiger partial charge in [0.05, 0.1) is 23.1 Å². The first-order chi connectivity index (χ1) is 13.8. The zero-order chi connectivity index (χ0) is 20.8. The van der Waals surface area contributed by atoms with E-state index >= 15 is 0 Å². The molecule has 3 amide bonds. The summed E-state index contributed by atoms with van der Waals surface area (Å²) >= 11 is 0. The number of hydrogen-bond donors (Lipinski definition) is 1. The lowest BCUT2D eigenvalue weighted by Crippen LogP contribution is -2.37. The fourth-order valence-corrected chi connectivity index (χ4v) is 4.71. The minimum absolute atomic E-state index is 0.292. The van der Waals surface area contributed by atoms with E-state index in [1.54, 1.807) is 42.5 Å². The van der Waals surface area contributed by atoms with Gasteiger partial charge in [0.2, 0.25) is 15.9 Å². The van der Waals surface area contributed by atoms with Crippen molar-refractivity contribution in [2.75, 3.05) is 29.0 Å². The molecule has 2 aliphatic heterocycles. The van der Waals surface area contributed by atoms with E-state index in [1.807, 2.05) is 0 Å². The predicted molar refractivity (Wildman–Crippen MR) is 107 cm³/mol. The summed E-state index contributed by atoms with van der Waals surface area (Å²) in [6, 6.07) is 11.5. The van der Waals surface area contributed by atoms with Crippen molar-refractivity contribution in [1.29, 1.82) is 0 Å². The van der Waals surface area contributed by atoms with Crippen LogP contribution in [0, 0.1) is 0 Å². The monoisotopic (exact) mass is 413 g/mol. The van der Waals surface area contributed by atoms with Gasteiger partial charge in [-0.2, -0.15) is 0 Å². The van der Waals surface area contributed by atoms with E-state index < -0.39 is 27.7 Å². The molecule has 2 aromatic rings. The van der Waals surface area contributed by atoms with E-state index in [0.717, 1.165) is 10.5 Å². The summed E-state index contributed by atoms with van der Waals surface area (Å²) in [5, 5.41) is 2.69. The fourth-order valence-electron chi connectivity index (χ4n) is 3.71. The van der Waals surface area contributed by atoms with Crippen molar-refractivity contribution in [1.82, 2.24) is 4.90 Å². The molecule has 0 radical (unpaired) electrons. The summed E-state index contributed by atoms with van der Waals surface area (Å²) in [5.74, 6) is -1.49. The Bertz CT molecular complexity index is 1110. The summed E-state index contributed by atoms with van der Waals surface area (Å²) in [4.78, 5) is 38.1. The molecule has 29 heavy (non-hydrogen) atoms. The van der Waals surface area contributed by atoms with E-state index in [1.165, 1.54) is 10.6 Å². The smallest absolute Gasteiger partial charge is 0.262 e. The molecule has 2 heterocycles. The second-order valence-corrected chi connectivity index (χ2v) is 8.98. The van der Waals surface area contributed by atoms with Gasteiger partial charge in [-0.15, -0.1) is 0 Å². The van der Waals surface area contributed by atoms with Gasteiger partial charge < -0.3 is 5.32 Å². The number of carbonyl (C=O) groups is 3. The zero-order valence-electron chi connectivity index (χ0n) is 15.7. The van der Waals surface area contributed by atoms with Crippen LogP contribution in [0.4, 0.5) is 11.4 Å². The number of anilines is 2. The van der Waals surface area contributed by atoms with Crippen molar-refractivity contribution < 1.29 is 22.8 Å². The zero-order valence-corrected chi connectivity index (χ0v) is 16.5. The van der Waals surface area contributed by atoms with Crippen LogP contribution in [0.5, 0.6) is 0 Å². The summed E-state index contributed by atoms with van der Waals surface area (Å²) in [6.45, 7) is 0.0379. The number of imide groups is 1. The maximum absolute atomic E-state index is 12.4. The Balaban J connectivity index is 1.49. The molecule has 0 aliphatic carbocycles. The molecule has 0 unspecified atom stereocenters. The van der Waals surface area contributed by atoms with Gasteiger partial charge in [0, 0.05) is 12.2 Å². The number of nitrogens with one attached hydrogen (secondary N) is 1. The van der Waals surface area contributed by atoms with Gasteiger partial charge in [0.15, 0.2) is 0 Å². The van der Waals surface area contributed by atoms with E-state index in [4.69, 9.17) is 0 Å². The molecule has 4 rings (SSSR count). The minimum atomic E-state index is -3.37. The number of benzene rings is 2. The second-order valence-electron chi connectivity index (χ2n) is 7.07. The van der Waals surface area contributed by atoms with Crippen LogP contribution < -0.4 is 9.62 Å². The van der Waals surface area contributed by atoms with Crippen LogP contribution in [0.15, 0.2) is 42.5 Å². The first kappa shape index (κ1) is 19.1. The molecule has 1 N–H and O–H groups in total. The molecule has 8 nitrogen and oxygen atoms in total. The van der Waals surface area contributed by atoms with E-state index in [0.29, 0.717) is 41.9 Å². The molecule has 150 valence electrons. The maximum Gasteiger partial charge on any atom is 0.262 e. The number of amides is 3. The number of hydrogen-bond acceptors (Lipinski definition) is 5. The highest BCUT2D eigenvalue weighted by atomic mass is 32.2. The Labute approximate surface area is 168 Å². The normalized spacial score (nSPS) is 15.9. The highest BCUT2D eigenvalue weighted by Gasteiger charge is 2.36. The Hall–Kier alpha value is -3.20. The molecule has 0 atom stereocenters. The third-order valence-electron chi connectivity index (χ3n) is 5.02. The summed E-state index contributed by atoms with van der Waals surface area (Å²) in [5.41, 5.74) is 2.50. The number of nitrogens with zero attached hydrogens (tertiary/aromatic N) is 2. The van der Waals surface area contributed by atoms with Crippen LogP contribution in [0.25, 0.3) is 0 Å². The number of aryl methyl sites for hydroxylation is 1. The van der Waals surface area contributed by atoms with Crippen molar-refractivity contribution in [3.8, 4) is 0 Å². The van der Waals surface area contributed by atoms with Gasteiger partial charge in [0.25, 0.3) is 11.8 Å². The number of rotatable bonds is 4. The quantitative estimate of drug-likeness (QED) is 0.768. The van der Waals surface area contributed by atoms with Gasteiger partial charge in [-0.05, 0) is 48.7 Å². The number of sulfonamides is 1. The lowest BCUT2D eigenvalue weighted by molar-refractivity contribution is -0.116. The standard InChI is InChI=1S/C20H19N3O5S/c1-29(27,28)23-10-4-5-13-11-14(8-9-17(13)23)21-18(24)12-22-19(25)15-6-2-3-7-16(15)20(22)26/h2-3,6-9,11H,4-5,10,12H2,1H3,(H,21,24). The van der Waals surface area contributed by atoms with Crippen molar-refractivity contribution in [3.05, 3.63) is 59.2 Å². The first-order valence-corrected chi connectivity index (χ1v) is 11.0. The Morgan fingerprint density at radius 3 is 2.34 bits per heavy atom. The highest BCUT2D eigenvalue weighted by molar-refractivity contribution is 7.92. The number of fused-ring (bicyclic) bond motifs is 2. The number of carbonyl (C=O) groups excluding carboxylic acids is 3. The summed E-state index contributed by atoms with van der Waals surface area (Å²) in [6.07, 6.45) is 2.55. The van der Waals surface area contributed by atoms with Gasteiger partial charge in [-0.25, -0.2) is 8.42 Å². The third kappa shape index (κ3) is 3.49. The lowest BCUT2D eigenvalue weighted by atomic mass is 10.0. The van der Waals surface area contributed by atoms with Gasteiger partial charge in [-0.1, -0.05) is 12.1 Å². The largest absolute Gasteiger partial charge is 0.325 e. The van der Waals surface area contributed by atoms with Crippen LogP contribution in [-0.4, -0.2) is 50.4 Å². The van der Waals surface area contributed by atoms with Crippen molar-refractivity contribution in [2.45, 2.75) is 12.8 Å². The third-order valence-corrected chi connectivity index (χ3v) is 6.20. The highest BCUT2D eigenvalue weighted by Crippen LogP contribution is 2.31. The molecule has 0 saturated heterocycles. The van der Waals surface area contributed by atoms with E-state index in [2.05, 4.69) is 5.32 Å². The van der Waals surface area contributed by atoms with Gasteiger partial charge >= 0.3 is 0 Å². The first-order valence-electron chi connectivity index (χ1n) is 9.11. The second kappa shape index (κ2) is 7.00. The molecule has 0 fully saturated rings. The molecule has 0 aromatic heterocycles. The van der Waals surface area contributed by atoms with Crippen LogP contribution in [-0.2, 0) is 21.2 Å². The van der Waals surface area contributed by atoms with Gasteiger partial charge in [0.1, 0.15) is 6.54 Å². The van der Waals surface area contributed by atoms with E-state index in [9.17, 15) is 22.8 Å². The van der Waals surface area contributed by atoms with Crippen LogP contribution in [0.1, 0.15) is 32.7 Å². The van der Waals surface area contributed by atoms with E-state index in [-0.39, 0.29) is 6.54 Å². The SMILES string of the molecule is CS(=O)(=O)N1CCCc2cc(NC(=O)CN3C(=O)c4ccccc4C3=O)ccc21. The van der Waals surface area contributed by atoms with Crippen molar-refractivity contribution in [3.63, 3.8) is 0 Å². The molecular weight excluding hydrogens is 394 g/mol. The molecule has 0 saturated carbocycles. The average Bonchev–Trinajstić information content (AvgIpc) is 2.92. The molecule has 0 spiro atoms. The maximum atomic E-state index is 12.4. The molecular formula is C20H19N3O5S. The topological polar surface area (TPSA) is 104 Å².